The number of hydrogen-bond donors (Lipinski definition) is 0. The van der Waals surface area contributed by atoms with Crippen molar-refractivity contribution in [1.82, 2.24) is 0 Å². The molecule has 90 valence electrons. The third-order valence-electron chi connectivity index (χ3n) is 3.29. The zero-order valence-corrected chi connectivity index (χ0v) is 9.54. The average molecular weight is 244 g/mol. The molecule has 2 aromatic carbocycles. The van der Waals surface area contributed by atoms with E-state index in [0.717, 1.165) is 0 Å². The Bertz CT molecular complexity index is 591. The van der Waals surface area contributed by atoms with E-state index in [1.807, 2.05) is 0 Å². The van der Waals surface area contributed by atoms with Crippen LogP contribution in [0.2, 0.25) is 0 Å². The third-order valence-corrected chi connectivity index (χ3v) is 3.29. The van der Waals surface area contributed by atoms with Crippen molar-refractivity contribution in [3.63, 3.8) is 0 Å². The van der Waals surface area contributed by atoms with Crippen LogP contribution in [0.15, 0.2) is 36.4 Å². The highest BCUT2D eigenvalue weighted by Gasteiger charge is 2.21. The van der Waals surface area contributed by atoms with Gasteiger partial charge in [-0.2, -0.15) is 0 Å². The Morgan fingerprint density at radius 1 is 0.778 bits per heavy atom. The van der Waals surface area contributed by atoms with E-state index >= 15 is 0 Å². The highest BCUT2D eigenvalue weighted by molar-refractivity contribution is 6.11. The molecule has 2 aromatic rings. The van der Waals surface area contributed by atoms with Crippen LogP contribution in [-0.4, -0.2) is 5.78 Å². The van der Waals surface area contributed by atoms with Crippen molar-refractivity contribution < 1.29 is 13.6 Å². The normalized spacial score (nSPS) is 13.8. The second-order valence-corrected chi connectivity index (χ2v) is 4.43. The number of aryl methyl sites for hydroxylation is 2. The number of carbonyl (C=O) groups is 1. The molecule has 0 amide bonds. The molecular formula is C15H10F2O. The summed E-state index contributed by atoms with van der Waals surface area (Å²) in [5.74, 6) is -0.852. The lowest BCUT2D eigenvalue weighted by Crippen LogP contribution is -2.04. The summed E-state index contributed by atoms with van der Waals surface area (Å²) in [5.41, 5.74) is 2.41. The first kappa shape index (κ1) is 11.1. The molecule has 0 spiro atoms. The molecule has 0 bridgehead atoms. The topological polar surface area (TPSA) is 17.1 Å². The monoisotopic (exact) mass is 244 g/mol. The largest absolute Gasteiger partial charge is 0.289 e. The molecule has 0 heterocycles. The van der Waals surface area contributed by atoms with Gasteiger partial charge in [0, 0.05) is 11.1 Å². The summed E-state index contributed by atoms with van der Waals surface area (Å²) < 4.78 is 26.4. The summed E-state index contributed by atoms with van der Waals surface area (Å²) >= 11 is 0. The van der Waals surface area contributed by atoms with Gasteiger partial charge in [0.1, 0.15) is 11.6 Å². The summed E-state index contributed by atoms with van der Waals surface area (Å²) in [5, 5.41) is 0. The Kier molecular flexibility index (Phi) is 2.47. The van der Waals surface area contributed by atoms with Crippen molar-refractivity contribution in [1.29, 1.82) is 0 Å². The summed E-state index contributed by atoms with van der Waals surface area (Å²) in [4.78, 5) is 12.3. The van der Waals surface area contributed by atoms with Gasteiger partial charge in [-0.1, -0.05) is 0 Å². The van der Waals surface area contributed by atoms with Crippen molar-refractivity contribution in [2.45, 2.75) is 12.8 Å². The van der Waals surface area contributed by atoms with Crippen molar-refractivity contribution >= 4 is 5.78 Å². The minimum absolute atomic E-state index is 0.155. The maximum Gasteiger partial charge on any atom is 0.193 e. The lowest BCUT2D eigenvalue weighted by Gasteiger charge is -2.05. The fourth-order valence-electron chi connectivity index (χ4n) is 2.40. The van der Waals surface area contributed by atoms with E-state index < -0.39 is 0 Å². The number of carbonyl (C=O) groups excluding carboxylic acids is 1. The molecule has 0 N–H and O–H groups in total. The third kappa shape index (κ3) is 1.72. The van der Waals surface area contributed by atoms with E-state index in [2.05, 4.69) is 0 Å². The van der Waals surface area contributed by atoms with Crippen LogP contribution in [-0.2, 0) is 12.8 Å². The molecule has 0 aliphatic heterocycles. The Morgan fingerprint density at radius 3 is 1.67 bits per heavy atom. The fraction of sp³-hybridized carbons (Fsp3) is 0.133. The van der Waals surface area contributed by atoms with E-state index in [9.17, 15) is 13.6 Å². The Morgan fingerprint density at radius 2 is 1.22 bits per heavy atom. The summed E-state index contributed by atoms with van der Waals surface area (Å²) in [7, 11) is 0. The highest BCUT2D eigenvalue weighted by Crippen LogP contribution is 2.25. The van der Waals surface area contributed by atoms with Gasteiger partial charge in [0.05, 0.1) is 0 Å². The zero-order chi connectivity index (χ0) is 12.7. The molecule has 3 rings (SSSR count). The van der Waals surface area contributed by atoms with Crippen molar-refractivity contribution in [2.24, 2.45) is 0 Å². The van der Waals surface area contributed by atoms with Crippen LogP contribution in [0.5, 0.6) is 0 Å². The molecular weight excluding hydrogens is 234 g/mol. The number of halogens is 2. The minimum atomic E-state index is -0.348. The van der Waals surface area contributed by atoms with Gasteiger partial charge in [0.15, 0.2) is 5.78 Å². The number of benzene rings is 2. The van der Waals surface area contributed by atoms with Gasteiger partial charge < -0.3 is 0 Å². The number of fused-ring (bicyclic) bond motifs is 2. The van der Waals surface area contributed by atoms with Crippen LogP contribution in [0.3, 0.4) is 0 Å². The zero-order valence-electron chi connectivity index (χ0n) is 9.54. The van der Waals surface area contributed by atoms with Crippen molar-refractivity contribution in [3.8, 4) is 0 Å². The van der Waals surface area contributed by atoms with Gasteiger partial charge in [0.25, 0.3) is 0 Å². The van der Waals surface area contributed by atoms with Crippen LogP contribution < -0.4 is 0 Å². The SMILES string of the molecule is O=C1c2ccc(F)cc2CCc2cc(F)ccc21. The van der Waals surface area contributed by atoms with Crippen molar-refractivity contribution in [2.75, 3.05) is 0 Å². The van der Waals surface area contributed by atoms with Crippen molar-refractivity contribution in [3.05, 3.63) is 70.3 Å². The maximum absolute atomic E-state index is 13.2. The Labute approximate surface area is 103 Å². The molecule has 0 aromatic heterocycles. The summed E-state index contributed by atoms with van der Waals surface area (Å²) in [6.07, 6.45) is 1.10. The van der Waals surface area contributed by atoms with E-state index in [1.165, 1.54) is 36.4 Å². The standard InChI is InChI=1S/C15H10F2O/c16-11-3-5-13-9(7-11)1-2-10-8-12(17)4-6-14(10)15(13)18/h3-8H,1-2H2. The van der Waals surface area contributed by atoms with Gasteiger partial charge >= 0.3 is 0 Å². The van der Waals surface area contributed by atoms with Gasteiger partial charge in [-0.25, -0.2) is 8.78 Å². The quantitative estimate of drug-likeness (QED) is 0.695. The molecule has 0 saturated heterocycles. The van der Waals surface area contributed by atoms with Crippen LogP contribution in [0.1, 0.15) is 27.0 Å². The maximum atomic E-state index is 13.2. The lowest BCUT2D eigenvalue weighted by atomic mass is 9.99. The van der Waals surface area contributed by atoms with Gasteiger partial charge in [-0.15, -0.1) is 0 Å². The summed E-state index contributed by atoms with van der Waals surface area (Å²) in [6, 6.07) is 8.35. The van der Waals surface area contributed by atoms with E-state index in [1.54, 1.807) is 0 Å². The minimum Gasteiger partial charge on any atom is -0.289 e. The molecule has 3 heteroatoms. The Balaban J connectivity index is 2.18. The molecule has 18 heavy (non-hydrogen) atoms. The van der Waals surface area contributed by atoms with Gasteiger partial charge in [-0.3, -0.25) is 4.79 Å². The van der Waals surface area contributed by atoms with Crippen LogP contribution in [0.4, 0.5) is 8.78 Å². The second kappa shape index (κ2) is 4.02. The molecule has 0 unspecified atom stereocenters. The van der Waals surface area contributed by atoms with Gasteiger partial charge in [0.2, 0.25) is 0 Å². The first-order valence-electron chi connectivity index (χ1n) is 5.77. The Hall–Kier alpha value is -2.03. The van der Waals surface area contributed by atoms with Crippen LogP contribution in [0.25, 0.3) is 0 Å². The molecule has 1 nitrogen and oxygen atoms in total. The summed E-state index contributed by atoms with van der Waals surface area (Å²) in [6.45, 7) is 0. The first-order chi connectivity index (χ1) is 8.65. The smallest absolute Gasteiger partial charge is 0.193 e. The molecule has 1 aliphatic rings. The van der Waals surface area contributed by atoms with E-state index in [4.69, 9.17) is 0 Å². The molecule has 0 atom stereocenters. The first-order valence-corrected chi connectivity index (χ1v) is 5.77. The molecule has 0 radical (unpaired) electrons. The average Bonchev–Trinajstić information content (AvgIpc) is 2.47. The number of ketones is 1. The molecule has 1 aliphatic carbocycles. The number of rotatable bonds is 0. The van der Waals surface area contributed by atoms with E-state index in [-0.39, 0.29) is 17.4 Å². The predicted octanol–water partition coefficient (Wildman–Crippen LogP) is 3.29. The molecule has 0 saturated carbocycles. The van der Waals surface area contributed by atoms with E-state index in [0.29, 0.717) is 35.1 Å². The predicted molar refractivity (Wildman–Crippen MR) is 63.6 cm³/mol. The lowest BCUT2D eigenvalue weighted by molar-refractivity contribution is 0.103. The fourth-order valence-corrected chi connectivity index (χ4v) is 2.40. The van der Waals surface area contributed by atoms with Crippen LogP contribution >= 0.6 is 0 Å². The number of hydrogen-bond acceptors (Lipinski definition) is 1. The molecule has 0 fully saturated rings. The van der Waals surface area contributed by atoms with Crippen LogP contribution in [0, 0.1) is 11.6 Å². The second-order valence-electron chi connectivity index (χ2n) is 4.43. The van der Waals surface area contributed by atoms with Gasteiger partial charge in [-0.05, 0) is 60.4 Å². The highest BCUT2D eigenvalue weighted by atomic mass is 19.1.